The highest BCUT2D eigenvalue weighted by Gasteiger charge is 1.97. The molecule has 15 heavy (non-hydrogen) atoms. The van der Waals surface area contributed by atoms with E-state index in [9.17, 15) is 0 Å². The summed E-state index contributed by atoms with van der Waals surface area (Å²) < 4.78 is 0. The molecule has 0 heterocycles. The molecule has 0 radical (unpaired) electrons. The molecule has 0 aliphatic carbocycles. The van der Waals surface area contributed by atoms with Crippen LogP contribution in [0.5, 0.6) is 0 Å². The fraction of sp³-hybridized carbons (Fsp3) is 0.538. The number of hydrogen-bond donors (Lipinski definition) is 2. The van der Waals surface area contributed by atoms with E-state index < -0.39 is 0 Å². The van der Waals surface area contributed by atoms with Crippen LogP contribution >= 0.6 is 0 Å². The minimum absolute atomic E-state index is 0.490. The molecule has 1 aromatic carbocycles. The Kier molecular flexibility index (Phi) is 5.19. The van der Waals surface area contributed by atoms with Crippen molar-refractivity contribution in [1.82, 2.24) is 5.32 Å². The first-order valence-corrected chi connectivity index (χ1v) is 5.78. The highest BCUT2D eigenvalue weighted by Crippen LogP contribution is 2.11. The Balaban J connectivity index is 2.50. The van der Waals surface area contributed by atoms with Crippen molar-refractivity contribution in [2.24, 2.45) is 0 Å². The highest BCUT2D eigenvalue weighted by molar-refractivity contribution is 5.46. The molecule has 0 aliphatic heterocycles. The highest BCUT2D eigenvalue weighted by atomic mass is 14.9. The van der Waals surface area contributed by atoms with Gasteiger partial charge in [-0.2, -0.15) is 0 Å². The van der Waals surface area contributed by atoms with Crippen molar-refractivity contribution >= 4 is 5.69 Å². The first-order chi connectivity index (χ1) is 7.22. The number of benzene rings is 1. The van der Waals surface area contributed by atoms with Gasteiger partial charge < -0.3 is 10.6 Å². The van der Waals surface area contributed by atoms with E-state index in [1.165, 1.54) is 17.7 Å². The lowest BCUT2D eigenvalue weighted by Gasteiger charge is -2.11. The van der Waals surface area contributed by atoms with Gasteiger partial charge in [0.25, 0.3) is 0 Å². The molecular formula is C13H22N2. The largest absolute Gasteiger partial charge is 0.383 e. The van der Waals surface area contributed by atoms with Gasteiger partial charge >= 0.3 is 0 Å². The monoisotopic (exact) mass is 206 g/mol. The maximum absolute atomic E-state index is 3.41. The summed E-state index contributed by atoms with van der Waals surface area (Å²) in [4.78, 5) is 0. The third-order valence-electron chi connectivity index (χ3n) is 2.14. The summed E-state index contributed by atoms with van der Waals surface area (Å²) in [6.07, 6.45) is 1.18. The van der Waals surface area contributed by atoms with Crippen LogP contribution in [-0.4, -0.2) is 12.6 Å². The Labute approximate surface area is 93.1 Å². The standard InChI is InChI=1S/C13H22N2/c1-4-8-14-10-12-6-5-7-13(9-12)15-11(2)3/h5-7,9,11,14-15H,4,8,10H2,1-3H3. The van der Waals surface area contributed by atoms with E-state index >= 15 is 0 Å². The molecule has 0 saturated heterocycles. The molecule has 0 spiro atoms. The average molecular weight is 206 g/mol. The van der Waals surface area contributed by atoms with Crippen LogP contribution in [0.2, 0.25) is 0 Å². The molecule has 2 N–H and O–H groups in total. The van der Waals surface area contributed by atoms with Gasteiger partial charge in [-0.25, -0.2) is 0 Å². The molecule has 0 aromatic heterocycles. The van der Waals surface area contributed by atoms with Gasteiger partial charge in [-0.1, -0.05) is 19.1 Å². The van der Waals surface area contributed by atoms with Gasteiger partial charge in [-0.05, 0) is 44.5 Å². The first kappa shape index (κ1) is 12.1. The SMILES string of the molecule is CCCNCc1cccc(NC(C)C)c1. The third-order valence-corrected chi connectivity index (χ3v) is 2.14. The van der Waals surface area contributed by atoms with E-state index in [2.05, 4.69) is 55.7 Å². The first-order valence-electron chi connectivity index (χ1n) is 5.78. The maximum Gasteiger partial charge on any atom is 0.0345 e. The van der Waals surface area contributed by atoms with Crippen molar-refractivity contribution in [2.75, 3.05) is 11.9 Å². The van der Waals surface area contributed by atoms with Crippen LogP contribution < -0.4 is 10.6 Å². The lowest BCUT2D eigenvalue weighted by atomic mass is 10.2. The van der Waals surface area contributed by atoms with Gasteiger partial charge in [-0.3, -0.25) is 0 Å². The van der Waals surface area contributed by atoms with Crippen LogP contribution in [0.25, 0.3) is 0 Å². The Bertz CT molecular complexity index is 282. The second-order valence-electron chi connectivity index (χ2n) is 4.18. The summed E-state index contributed by atoms with van der Waals surface area (Å²) in [6, 6.07) is 9.08. The lowest BCUT2D eigenvalue weighted by molar-refractivity contribution is 0.675. The smallest absolute Gasteiger partial charge is 0.0345 e. The molecule has 0 bridgehead atoms. The zero-order valence-electron chi connectivity index (χ0n) is 10.0. The normalized spacial score (nSPS) is 10.7. The number of rotatable bonds is 6. The van der Waals surface area contributed by atoms with Crippen molar-refractivity contribution in [2.45, 2.75) is 39.8 Å². The predicted molar refractivity (Wildman–Crippen MR) is 67.2 cm³/mol. The quantitative estimate of drug-likeness (QED) is 0.699. The van der Waals surface area contributed by atoms with Crippen LogP contribution in [0.1, 0.15) is 32.8 Å². The molecule has 0 unspecified atom stereocenters. The van der Waals surface area contributed by atoms with Gasteiger partial charge in [-0.15, -0.1) is 0 Å². The fourth-order valence-corrected chi connectivity index (χ4v) is 1.51. The molecule has 1 aromatic rings. The lowest BCUT2D eigenvalue weighted by Crippen LogP contribution is -2.14. The summed E-state index contributed by atoms with van der Waals surface area (Å²) in [6.45, 7) is 8.54. The summed E-state index contributed by atoms with van der Waals surface area (Å²) in [5.41, 5.74) is 2.55. The second-order valence-corrected chi connectivity index (χ2v) is 4.18. The van der Waals surface area contributed by atoms with Crippen LogP contribution in [0.4, 0.5) is 5.69 Å². The Morgan fingerprint density at radius 2 is 2.07 bits per heavy atom. The molecule has 84 valence electrons. The van der Waals surface area contributed by atoms with Gasteiger partial charge in [0, 0.05) is 18.3 Å². The molecule has 0 fully saturated rings. The van der Waals surface area contributed by atoms with Gasteiger partial charge in [0.15, 0.2) is 0 Å². The summed E-state index contributed by atoms with van der Waals surface area (Å²) in [7, 11) is 0. The van der Waals surface area contributed by atoms with E-state index in [1.54, 1.807) is 0 Å². The molecule has 0 amide bonds. The van der Waals surface area contributed by atoms with Crippen LogP contribution in [0.3, 0.4) is 0 Å². The van der Waals surface area contributed by atoms with Crippen LogP contribution in [0, 0.1) is 0 Å². The van der Waals surface area contributed by atoms with Gasteiger partial charge in [0.05, 0.1) is 0 Å². The average Bonchev–Trinajstić information content (AvgIpc) is 2.18. The third kappa shape index (κ3) is 4.84. The summed E-state index contributed by atoms with van der Waals surface area (Å²) in [5, 5.41) is 6.81. The summed E-state index contributed by atoms with van der Waals surface area (Å²) in [5.74, 6) is 0. The van der Waals surface area contributed by atoms with Crippen molar-refractivity contribution in [3.05, 3.63) is 29.8 Å². The molecular weight excluding hydrogens is 184 g/mol. The molecule has 0 saturated carbocycles. The fourth-order valence-electron chi connectivity index (χ4n) is 1.51. The molecule has 1 rings (SSSR count). The van der Waals surface area contributed by atoms with Crippen molar-refractivity contribution < 1.29 is 0 Å². The maximum atomic E-state index is 3.41. The number of hydrogen-bond acceptors (Lipinski definition) is 2. The van der Waals surface area contributed by atoms with Crippen molar-refractivity contribution in [3.8, 4) is 0 Å². The second kappa shape index (κ2) is 6.46. The van der Waals surface area contributed by atoms with Crippen LogP contribution in [0.15, 0.2) is 24.3 Å². The molecule has 0 atom stereocenters. The minimum atomic E-state index is 0.490. The summed E-state index contributed by atoms with van der Waals surface area (Å²) >= 11 is 0. The molecule has 2 heteroatoms. The predicted octanol–water partition coefficient (Wildman–Crippen LogP) is 3.01. The minimum Gasteiger partial charge on any atom is -0.383 e. The van der Waals surface area contributed by atoms with E-state index in [0.717, 1.165) is 13.1 Å². The number of anilines is 1. The van der Waals surface area contributed by atoms with Gasteiger partial charge in [0.1, 0.15) is 0 Å². The Hall–Kier alpha value is -1.02. The topological polar surface area (TPSA) is 24.1 Å². The Morgan fingerprint density at radius 3 is 2.73 bits per heavy atom. The zero-order valence-corrected chi connectivity index (χ0v) is 10.0. The van der Waals surface area contributed by atoms with E-state index in [-0.39, 0.29) is 0 Å². The van der Waals surface area contributed by atoms with Gasteiger partial charge in [0.2, 0.25) is 0 Å². The van der Waals surface area contributed by atoms with Crippen LogP contribution in [-0.2, 0) is 6.54 Å². The van der Waals surface area contributed by atoms with E-state index in [1.807, 2.05) is 0 Å². The van der Waals surface area contributed by atoms with E-state index in [0.29, 0.717) is 6.04 Å². The number of nitrogens with one attached hydrogen (secondary N) is 2. The van der Waals surface area contributed by atoms with E-state index in [4.69, 9.17) is 0 Å². The van der Waals surface area contributed by atoms with Crippen molar-refractivity contribution in [1.29, 1.82) is 0 Å². The molecule has 0 aliphatic rings. The Morgan fingerprint density at radius 1 is 1.27 bits per heavy atom. The zero-order chi connectivity index (χ0) is 11.1. The van der Waals surface area contributed by atoms with Crippen molar-refractivity contribution in [3.63, 3.8) is 0 Å². The molecule has 2 nitrogen and oxygen atoms in total.